The minimum absolute atomic E-state index is 0.0583. The Morgan fingerprint density at radius 2 is 1.70 bits per heavy atom. The Morgan fingerprint density at radius 1 is 1.20 bits per heavy atom. The highest BCUT2D eigenvalue weighted by atomic mass is 127. The Bertz CT molecular complexity index is 484. The van der Waals surface area contributed by atoms with Gasteiger partial charge in [0.25, 0.3) is 0 Å². The van der Waals surface area contributed by atoms with Crippen molar-refractivity contribution < 1.29 is 9.53 Å². The molecule has 0 saturated heterocycles. The van der Waals surface area contributed by atoms with Crippen LogP contribution in [0.4, 0.5) is 4.79 Å². The summed E-state index contributed by atoms with van der Waals surface area (Å²) >= 11 is 8.31. The standard InChI is InChI=1S/C14H20ClIN2O2/c1-7(2)18(8(3)4)14(19)20-13-11(15)9(5)17-10(6)12(13)16/h7-8H,1-6H3. The number of aromatic nitrogens is 1. The van der Waals surface area contributed by atoms with Gasteiger partial charge in [-0.1, -0.05) is 11.6 Å². The predicted molar refractivity (Wildman–Crippen MR) is 89.6 cm³/mol. The number of pyridine rings is 1. The van der Waals surface area contributed by atoms with Crippen LogP contribution in [0.1, 0.15) is 39.1 Å². The fourth-order valence-corrected chi connectivity index (χ4v) is 2.86. The van der Waals surface area contributed by atoms with Crippen molar-refractivity contribution in [2.75, 3.05) is 0 Å². The summed E-state index contributed by atoms with van der Waals surface area (Å²) < 4.78 is 6.29. The Labute approximate surface area is 139 Å². The van der Waals surface area contributed by atoms with Gasteiger partial charge >= 0.3 is 6.09 Å². The molecule has 1 heterocycles. The zero-order valence-corrected chi connectivity index (χ0v) is 15.5. The van der Waals surface area contributed by atoms with Gasteiger partial charge in [-0.15, -0.1) is 0 Å². The summed E-state index contributed by atoms with van der Waals surface area (Å²) in [6, 6.07) is 0.117. The molecule has 0 aliphatic rings. The molecule has 0 aliphatic heterocycles. The second-order valence-electron chi connectivity index (χ2n) is 5.20. The van der Waals surface area contributed by atoms with Crippen LogP contribution in [0.25, 0.3) is 0 Å². The summed E-state index contributed by atoms with van der Waals surface area (Å²) in [5.41, 5.74) is 1.46. The van der Waals surface area contributed by atoms with E-state index in [4.69, 9.17) is 16.3 Å². The molecule has 6 heteroatoms. The number of hydrogen-bond acceptors (Lipinski definition) is 3. The molecular formula is C14H20ClIN2O2. The largest absolute Gasteiger partial charge is 0.415 e. The fraction of sp³-hybridized carbons (Fsp3) is 0.571. The normalized spacial score (nSPS) is 11.1. The quantitative estimate of drug-likeness (QED) is 0.685. The van der Waals surface area contributed by atoms with Crippen molar-refractivity contribution in [2.24, 2.45) is 0 Å². The van der Waals surface area contributed by atoms with Crippen molar-refractivity contribution >= 4 is 40.3 Å². The van der Waals surface area contributed by atoms with E-state index < -0.39 is 0 Å². The van der Waals surface area contributed by atoms with E-state index in [1.54, 1.807) is 11.8 Å². The lowest BCUT2D eigenvalue weighted by Gasteiger charge is -2.30. The third-order valence-electron chi connectivity index (χ3n) is 2.88. The van der Waals surface area contributed by atoms with Crippen LogP contribution in [-0.2, 0) is 0 Å². The lowest BCUT2D eigenvalue weighted by atomic mass is 10.2. The molecule has 0 aromatic carbocycles. The number of hydrogen-bond donors (Lipinski definition) is 0. The molecule has 20 heavy (non-hydrogen) atoms. The third-order valence-corrected chi connectivity index (χ3v) is 4.60. The SMILES string of the molecule is Cc1nc(C)c(I)c(OC(=O)N(C(C)C)C(C)C)c1Cl. The molecule has 1 rings (SSSR count). The first kappa shape index (κ1) is 17.5. The minimum Gasteiger partial charge on any atom is -0.407 e. The van der Waals surface area contributed by atoms with Gasteiger partial charge in [0.15, 0.2) is 5.75 Å². The second-order valence-corrected chi connectivity index (χ2v) is 6.66. The maximum Gasteiger partial charge on any atom is 0.415 e. The zero-order valence-electron chi connectivity index (χ0n) is 12.6. The van der Waals surface area contributed by atoms with Crippen LogP contribution in [0.2, 0.25) is 5.02 Å². The van der Waals surface area contributed by atoms with Crippen molar-refractivity contribution in [3.8, 4) is 5.75 Å². The van der Waals surface area contributed by atoms with Gasteiger partial charge < -0.3 is 9.64 Å². The van der Waals surface area contributed by atoms with Gasteiger partial charge in [0.2, 0.25) is 0 Å². The van der Waals surface area contributed by atoms with Crippen molar-refractivity contribution in [1.29, 1.82) is 0 Å². The number of carbonyl (C=O) groups excluding carboxylic acids is 1. The molecule has 1 amide bonds. The maximum absolute atomic E-state index is 12.3. The monoisotopic (exact) mass is 410 g/mol. The lowest BCUT2D eigenvalue weighted by molar-refractivity contribution is 0.122. The molecule has 0 bridgehead atoms. The smallest absolute Gasteiger partial charge is 0.407 e. The summed E-state index contributed by atoms with van der Waals surface area (Å²) in [6.07, 6.45) is -0.389. The van der Waals surface area contributed by atoms with E-state index in [0.717, 1.165) is 9.26 Å². The number of amides is 1. The number of halogens is 2. The van der Waals surface area contributed by atoms with E-state index in [2.05, 4.69) is 27.6 Å². The van der Waals surface area contributed by atoms with E-state index in [1.807, 2.05) is 34.6 Å². The van der Waals surface area contributed by atoms with Crippen molar-refractivity contribution in [3.63, 3.8) is 0 Å². The average molecular weight is 411 g/mol. The fourth-order valence-electron chi connectivity index (χ4n) is 2.02. The van der Waals surface area contributed by atoms with E-state index >= 15 is 0 Å². The number of aryl methyl sites for hydroxylation is 2. The highest BCUT2D eigenvalue weighted by molar-refractivity contribution is 14.1. The molecule has 0 N–H and O–H groups in total. The zero-order chi connectivity index (χ0) is 15.6. The Balaban J connectivity index is 3.13. The van der Waals surface area contributed by atoms with Gasteiger partial charge in [0.05, 0.1) is 15.0 Å². The predicted octanol–water partition coefficient (Wildman–Crippen LogP) is 4.57. The molecular weight excluding hydrogens is 391 g/mol. The third kappa shape index (κ3) is 3.75. The Hall–Kier alpha value is -0.560. The summed E-state index contributed by atoms with van der Waals surface area (Å²) in [5, 5.41) is 0.390. The van der Waals surface area contributed by atoms with Gasteiger partial charge in [-0.2, -0.15) is 0 Å². The second kappa shape index (κ2) is 6.93. The summed E-state index contributed by atoms with van der Waals surface area (Å²) in [5.74, 6) is 0.397. The molecule has 0 aliphatic carbocycles. The van der Waals surface area contributed by atoms with Crippen LogP contribution in [0.3, 0.4) is 0 Å². The summed E-state index contributed by atoms with van der Waals surface area (Å²) in [7, 11) is 0. The average Bonchev–Trinajstić information content (AvgIpc) is 2.31. The van der Waals surface area contributed by atoms with Crippen LogP contribution in [0.5, 0.6) is 5.75 Å². The Morgan fingerprint density at radius 3 is 2.15 bits per heavy atom. The van der Waals surface area contributed by atoms with Crippen molar-refractivity contribution in [1.82, 2.24) is 9.88 Å². The highest BCUT2D eigenvalue weighted by Crippen LogP contribution is 2.34. The minimum atomic E-state index is -0.389. The summed E-state index contributed by atoms with van der Waals surface area (Å²) in [4.78, 5) is 18.3. The van der Waals surface area contributed by atoms with Crippen molar-refractivity contribution in [3.05, 3.63) is 20.0 Å². The molecule has 0 atom stereocenters. The van der Waals surface area contributed by atoms with E-state index in [-0.39, 0.29) is 18.2 Å². The van der Waals surface area contributed by atoms with Crippen LogP contribution >= 0.6 is 34.2 Å². The van der Waals surface area contributed by atoms with Crippen molar-refractivity contribution in [2.45, 2.75) is 53.6 Å². The van der Waals surface area contributed by atoms with Gasteiger partial charge in [-0.3, -0.25) is 4.98 Å². The van der Waals surface area contributed by atoms with Gasteiger partial charge in [0, 0.05) is 12.1 Å². The van der Waals surface area contributed by atoms with Crippen LogP contribution in [0.15, 0.2) is 0 Å². The number of ether oxygens (including phenoxy) is 1. The van der Waals surface area contributed by atoms with Crippen LogP contribution in [0, 0.1) is 17.4 Å². The first-order valence-electron chi connectivity index (χ1n) is 6.49. The van der Waals surface area contributed by atoms with E-state index in [9.17, 15) is 4.79 Å². The van der Waals surface area contributed by atoms with Crippen LogP contribution < -0.4 is 4.74 Å². The molecule has 0 radical (unpaired) electrons. The molecule has 0 fully saturated rings. The summed E-state index contributed by atoms with van der Waals surface area (Å²) in [6.45, 7) is 11.5. The number of carbonyl (C=O) groups is 1. The van der Waals surface area contributed by atoms with E-state index in [1.165, 1.54) is 0 Å². The Kier molecular flexibility index (Phi) is 6.06. The molecule has 4 nitrogen and oxygen atoms in total. The maximum atomic E-state index is 12.3. The van der Waals surface area contributed by atoms with Gasteiger partial charge in [-0.25, -0.2) is 4.79 Å². The number of rotatable bonds is 3. The topological polar surface area (TPSA) is 42.4 Å². The van der Waals surface area contributed by atoms with E-state index in [0.29, 0.717) is 16.5 Å². The molecule has 112 valence electrons. The molecule has 0 saturated carbocycles. The molecule has 0 unspecified atom stereocenters. The highest BCUT2D eigenvalue weighted by Gasteiger charge is 2.25. The molecule has 1 aromatic rings. The molecule has 1 aromatic heterocycles. The molecule has 0 spiro atoms. The van der Waals surface area contributed by atoms with Crippen LogP contribution in [-0.4, -0.2) is 28.1 Å². The number of nitrogens with zero attached hydrogens (tertiary/aromatic N) is 2. The first-order valence-corrected chi connectivity index (χ1v) is 7.94. The first-order chi connectivity index (χ1) is 9.16. The van der Waals surface area contributed by atoms with Gasteiger partial charge in [-0.05, 0) is 64.1 Å². The lowest BCUT2D eigenvalue weighted by Crippen LogP contribution is -2.43. The van der Waals surface area contributed by atoms with Gasteiger partial charge in [0.1, 0.15) is 5.02 Å².